The van der Waals surface area contributed by atoms with Gasteiger partial charge in [-0.15, -0.1) is 0 Å². The van der Waals surface area contributed by atoms with Crippen molar-refractivity contribution in [2.45, 2.75) is 18.2 Å². The van der Waals surface area contributed by atoms with Crippen LogP contribution < -0.4 is 16.5 Å². The maximum atomic E-state index is 5.65. The molecule has 0 aromatic carbocycles. The molecule has 2 heterocycles. The molecule has 0 amide bonds. The van der Waals surface area contributed by atoms with Crippen molar-refractivity contribution < 1.29 is 0 Å². The second kappa shape index (κ2) is 3.93. The van der Waals surface area contributed by atoms with Gasteiger partial charge in [0.05, 0.1) is 12.0 Å². The van der Waals surface area contributed by atoms with Crippen LogP contribution >= 0.6 is 11.9 Å². The van der Waals surface area contributed by atoms with Gasteiger partial charge in [-0.2, -0.15) is 4.41 Å². The minimum absolute atomic E-state index is 0.553. The van der Waals surface area contributed by atoms with Gasteiger partial charge in [-0.1, -0.05) is 0 Å². The van der Waals surface area contributed by atoms with Crippen molar-refractivity contribution in [2.75, 3.05) is 19.8 Å². The molecule has 0 spiro atoms. The van der Waals surface area contributed by atoms with Gasteiger partial charge in [0, 0.05) is 0 Å². The number of nitrogens with two attached hydrogens (primary N) is 1. The van der Waals surface area contributed by atoms with E-state index in [4.69, 9.17) is 5.84 Å². The average molecular weight is 188 g/mol. The van der Waals surface area contributed by atoms with Gasteiger partial charge in [0.1, 0.15) is 0 Å². The van der Waals surface area contributed by atoms with Crippen LogP contribution in [0.3, 0.4) is 0 Å². The molecule has 12 heavy (non-hydrogen) atoms. The Morgan fingerprint density at radius 3 is 2.67 bits per heavy atom. The summed E-state index contributed by atoms with van der Waals surface area (Å²) >= 11 is 1.74. The molecule has 2 saturated heterocycles. The van der Waals surface area contributed by atoms with E-state index in [0.29, 0.717) is 5.37 Å². The third-order valence-electron chi connectivity index (χ3n) is 2.51. The van der Waals surface area contributed by atoms with Gasteiger partial charge in [0.2, 0.25) is 0 Å². The van der Waals surface area contributed by atoms with E-state index in [-0.39, 0.29) is 0 Å². The van der Waals surface area contributed by atoms with Crippen LogP contribution in [0.25, 0.3) is 0 Å². The van der Waals surface area contributed by atoms with Crippen LogP contribution in [-0.4, -0.2) is 29.5 Å². The fraction of sp³-hybridized carbons (Fsp3) is 1.00. The zero-order chi connectivity index (χ0) is 8.39. The highest BCUT2D eigenvalue weighted by Gasteiger charge is 2.29. The van der Waals surface area contributed by atoms with Crippen molar-refractivity contribution in [3.8, 4) is 0 Å². The SMILES string of the molecule is NN1CNC(C2CCNCC2)S1. The van der Waals surface area contributed by atoms with E-state index in [1.54, 1.807) is 16.4 Å². The van der Waals surface area contributed by atoms with Crippen molar-refractivity contribution in [1.29, 1.82) is 0 Å². The second-order valence-corrected chi connectivity index (χ2v) is 4.58. The Kier molecular flexibility index (Phi) is 2.87. The minimum atomic E-state index is 0.553. The van der Waals surface area contributed by atoms with Crippen LogP contribution in [0.2, 0.25) is 0 Å². The number of nitrogens with one attached hydrogen (secondary N) is 2. The van der Waals surface area contributed by atoms with Crippen molar-refractivity contribution in [3.05, 3.63) is 0 Å². The molecular weight excluding hydrogens is 172 g/mol. The lowest BCUT2D eigenvalue weighted by molar-refractivity contribution is 0.339. The molecule has 1 atom stereocenters. The predicted octanol–water partition coefficient (Wildman–Crippen LogP) is -0.303. The summed E-state index contributed by atoms with van der Waals surface area (Å²) in [5.41, 5.74) is 0. The minimum Gasteiger partial charge on any atom is -0.317 e. The van der Waals surface area contributed by atoms with Crippen molar-refractivity contribution in [1.82, 2.24) is 15.0 Å². The molecule has 2 rings (SSSR count). The highest BCUT2D eigenvalue weighted by atomic mass is 32.2. The van der Waals surface area contributed by atoms with Gasteiger partial charge in [0.15, 0.2) is 0 Å². The lowest BCUT2D eigenvalue weighted by atomic mass is 9.98. The molecule has 0 radical (unpaired) electrons. The number of hydrazine groups is 1. The molecule has 2 aliphatic rings. The average Bonchev–Trinajstić information content (AvgIpc) is 2.54. The largest absolute Gasteiger partial charge is 0.317 e. The third kappa shape index (κ3) is 1.92. The molecule has 0 bridgehead atoms. The van der Waals surface area contributed by atoms with Gasteiger partial charge in [-0.25, -0.2) is 0 Å². The first kappa shape index (κ1) is 8.77. The normalized spacial score (nSPS) is 34.2. The fourth-order valence-corrected chi connectivity index (χ4v) is 2.83. The first-order chi connectivity index (χ1) is 5.86. The van der Waals surface area contributed by atoms with E-state index >= 15 is 0 Å². The van der Waals surface area contributed by atoms with Crippen molar-refractivity contribution in [3.63, 3.8) is 0 Å². The van der Waals surface area contributed by atoms with Gasteiger partial charge < -0.3 is 5.32 Å². The van der Waals surface area contributed by atoms with Crippen LogP contribution in [0.5, 0.6) is 0 Å². The van der Waals surface area contributed by atoms with Gasteiger partial charge in [-0.05, 0) is 43.8 Å². The van der Waals surface area contributed by atoms with Gasteiger partial charge >= 0.3 is 0 Å². The maximum absolute atomic E-state index is 5.65. The van der Waals surface area contributed by atoms with E-state index in [0.717, 1.165) is 25.7 Å². The molecule has 4 N–H and O–H groups in total. The number of hydrogen-bond donors (Lipinski definition) is 3. The maximum Gasteiger partial charge on any atom is 0.0743 e. The fourth-order valence-electron chi connectivity index (χ4n) is 1.80. The van der Waals surface area contributed by atoms with Crippen LogP contribution in [0, 0.1) is 5.92 Å². The number of nitrogens with zero attached hydrogens (tertiary/aromatic N) is 1. The molecule has 0 aromatic heterocycles. The molecule has 0 aliphatic carbocycles. The molecule has 0 saturated carbocycles. The topological polar surface area (TPSA) is 53.3 Å². The third-order valence-corrected chi connectivity index (χ3v) is 3.69. The molecule has 2 fully saturated rings. The van der Waals surface area contributed by atoms with Crippen LogP contribution in [0.1, 0.15) is 12.8 Å². The lowest BCUT2D eigenvalue weighted by Crippen LogP contribution is -2.37. The summed E-state index contributed by atoms with van der Waals surface area (Å²) < 4.78 is 1.78. The Morgan fingerprint density at radius 2 is 2.08 bits per heavy atom. The number of hydrogen-bond acceptors (Lipinski definition) is 5. The Bertz CT molecular complexity index is 146. The van der Waals surface area contributed by atoms with E-state index in [1.165, 1.54) is 12.8 Å². The van der Waals surface area contributed by atoms with E-state index in [1.807, 2.05) is 0 Å². The number of piperidine rings is 1. The van der Waals surface area contributed by atoms with Gasteiger partial charge in [-0.3, -0.25) is 11.2 Å². The quantitative estimate of drug-likeness (QED) is 0.389. The summed E-state index contributed by atoms with van der Waals surface area (Å²) in [5.74, 6) is 6.45. The van der Waals surface area contributed by atoms with Crippen molar-refractivity contribution >= 4 is 11.9 Å². The highest BCUT2D eigenvalue weighted by Crippen LogP contribution is 2.28. The molecular formula is C7H16N4S. The van der Waals surface area contributed by atoms with Crippen molar-refractivity contribution in [2.24, 2.45) is 11.8 Å². The highest BCUT2D eigenvalue weighted by molar-refractivity contribution is 7.97. The summed E-state index contributed by atoms with van der Waals surface area (Å²) in [6.45, 7) is 3.14. The molecule has 0 aromatic rings. The summed E-state index contributed by atoms with van der Waals surface area (Å²) in [6, 6.07) is 0. The Hall–Kier alpha value is 0.190. The zero-order valence-corrected chi connectivity index (χ0v) is 7.94. The predicted molar refractivity (Wildman–Crippen MR) is 51.0 cm³/mol. The Morgan fingerprint density at radius 1 is 1.33 bits per heavy atom. The van der Waals surface area contributed by atoms with Crippen LogP contribution in [-0.2, 0) is 0 Å². The van der Waals surface area contributed by atoms with E-state index < -0.39 is 0 Å². The molecule has 70 valence electrons. The molecule has 4 nitrogen and oxygen atoms in total. The van der Waals surface area contributed by atoms with Crippen LogP contribution in [0.15, 0.2) is 0 Å². The summed E-state index contributed by atoms with van der Waals surface area (Å²) in [5, 5.41) is 7.33. The molecule has 1 unspecified atom stereocenters. The summed E-state index contributed by atoms with van der Waals surface area (Å²) in [6.07, 6.45) is 2.55. The first-order valence-electron chi connectivity index (χ1n) is 4.49. The van der Waals surface area contributed by atoms with Crippen LogP contribution in [0.4, 0.5) is 0 Å². The Labute approximate surface area is 77.3 Å². The summed E-state index contributed by atoms with van der Waals surface area (Å²) in [7, 11) is 0. The summed E-state index contributed by atoms with van der Waals surface area (Å²) in [4.78, 5) is 0. The monoisotopic (exact) mass is 188 g/mol. The Balaban J connectivity index is 1.83. The standard InChI is InChI=1S/C7H16N4S/c8-11-5-10-7(12-11)6-1-3-9-4-2-6/h6-7,9-10H,1-5,8H2. The first-order valence-corrected chi connectivity index (χ1v) is 5.33. The van der Waals surface area contributed by atoms with E-state index in [9.17, 15) is 0 Å². The second-order valence-electron chi connectivity index (χ2n) is 3.39. The zero-order valence-electron chi connectivity index (χ0n) is 7.12. The van der Waals surface area contributed by atoms with E-state index in [2.05, 4.69) is 10.6 Å². The smallest absolute Gasteiger partial charge is 0.0743 e. The van der Waals surface area contributed by atoms with Gasteiger partial charge in [0.25, 0.3) is 0 Å². The lowest BCUT2D eigenvalue weighted by Gasteiger charge is -2.26. The molecule has 5 heteroatoms. The molecule has 2 aliphatic heterocycles. The number of rotatable bonds is 1.